The molecular formula is C42H82N12O6. The summed E-state index contributed by atoms with van der Waals surface area (Å²) in [4.78, 5) is 87.0. The van der Waals surface area contributed by atoms with Crippen LogP contribution in [-0.4, -0.2) is 90.7 Å². The van der Waals surface area contributed by atoms with Gasteiger partial charge in [0.15, 0.2) is 11.9 Å². The predicted octanol–water partition coefficient (Wildman–Crippen LogP) is 2.35. The fraction of sp³-hybridized carbons (Fsp3) is 0.810. The van der Waals surface area contributed by atoms with Gasteiger partial charge in [0.2, 0.25) is 35.4 Å². The Hall–Kier alpha value is -4.64. The monoisotopic (exact) mass is 851 g/mol. The van der Waals surface area contributed by atoms with Crippen molar-refractivity contribution in [3.8, 4) is 0 Å². The SMILES string of the molecule is CCCCCCCCCCCCCCCC(=O)N[C@@H](CCCN=C(N)N)C(=O)N[C@@H](CC(C)C)C(=O)N[C@@H](CCCN=C(N)N)C(=O)N[C@@H](CCC(N)=O)C(=O)NC(C)C. The Morgan fingerprint density at radius 2 is 0.833 bits per heavy atom. The second kappa shape index (κ2) is 34.1. The lowest BCUT2D eigenvalue weighted by Gasteiger charge is -2.27. The smallest absolute Gasteiger partial charge is 0.243 e. The van der Waals surface area contributed by atoms with Crippen LogP contribution in [0.5, 0.6) is 0 Å². The lowest BCUT2D eigenvalue weighted by Crippen LogP contribution is -2.58. The molecule has 0 heterocycles. The minimum Gasteiger partial charge on any atom is -0.370 e. The average molecular weight is 851 g/mol. The highest BCUT2D eigenvalue weighted by atomic mass is 16.2. The van der Waals surface area contributed by atoms with Crippen LogP contribution in [0, 0.1) is 5.92 Å². The van der Waals surface area contributed by atoms with Gasteiger partial charge < -0.3 is 55.3 Å². The number of carbonyl (C=O) groups is 6. The van der Waals surface area contributed by atoms with Crippen molar-refractivity contribution in [1.29, 1.82) is 0 Å². The number of carbonyl (C=O) groups excluding carboxylic acids is 6. The Morgan fingerprint density at radius 3 is 1.25 bits per heavy atom. The van der Waals surface area contributed by atoms with Crippen LogP contribution in [0.3, 0.4) is 0 Å². The molecule has 0 rings (SSSR count). The molecule has 0 saturated carbocycles. The van der Waals surface area contributed by atoms with Gasteiger partial charge in [-0.1, -0.05) is 97.8 Å². The number of hydrogen-bond donors (Lipinski definition) is 10. The molecule has 0 aromatic carbocycles. The zero-order valence-electron chi connectivity index (χ0n) is 37.5. The normalized spacial score (nSPS) is 13.1. The van der Waals surface area contributed by atoms with E-state index in [0.717, 1.165) is 19.3 Å². The summed E-state index contributed by atoms with van der Waals surface area (Å²) >= 11 is 0. The van der Waals surface area contributed by atoms with Gasteiger partial charge in [-0.05, 0) is 64.7 Å². The molecule has 0 unspecified atom stereocenters. The molecule has 4 atom stereocenters. The van der Waals surface area contributed by atoms with Crippen molar-refractivity contribution in [1.82, 2.24) is 26.6 Å². The van der Waals surface area contributed by atoms with E-state index in [1.807, 2.05) is 13.8 Å². The standard InChI is InChI=1S/C42H82N12O6/c1-6-7-8-9-10-11-12-13-14-15-16-17-18-23-36(56)51-31(21-19-26-48-41(44)45)38(58)54-34(28-29(2)3)40(60)52-32(22-20-27-49-42(46)47)39(59)53-33(24-25-35(43)55)37(57)50-30(4)5/h29-34H,6-28H2,1-5H3,(H2,43,55)(H,50,57)(H,51,56)(H,52,60)(H,53,59)(H,54,58)(H4,44,45,48)(H4,46,47,49)/t31-,32-,33-,34-/m0/s1. The van der Waals surface area contributed by atoms with E-state index in [-0.39, 0.29) is 87.8 Å². The third kappa shape index (κ3) is 30.4. The van der Waals surface area contributed by atoms with Crippen LogP contribution in [0.1, 0.15) is 169 Å². The van der Waals surface area contributed by atoms with E-state index >= 15 is 0 Å². The van der Waals surface area contributed by atoms with Crippen LogP contribution in [0.2, 0.25) is 0 Å². The number of nitrogens with one attached hydrogen (secondary N) is 5. The molecule has 0 bridgehead atoms. The zero-order chi connectivity index (χ0) is 45.3. The first-order valence-electron chi connectivity index (χ1n) is 22.4. The van der Waals surface area contributed by atoms with Crippen molar-refractivity contribution < 1.29 is 28.8 Å². The molecule has 6 amide bonds. The minimum atomic E-state index is -1.17. The van der Waals surface area contributed by atoms with Gasteiger partial charge in [-0.2, -0.15) is 0 Å². The van der Waals surface area contributed by atoms with Crippen LogP contribution in [0.15, 0.2) is 9.98 Å². The van der Waals surface area contributed by atoms with Crippen LogP contribution < -0.4 is 55.3 Å². The second-order valence-electron chi connectivity index (χ2n) is 16.5. The first kappa shape index (κ1) is 55.4. The van der Waals surface area contributed by atoms with Crippen LogP contribution in [-0.2, 0) is 28.8 Å². The van der Waals surface area contributed by atoms with Crippen molar-refractivity contribution in [2.45, 2.75) is 200 Å². The van der Waals surface area contributed by atoms with Crippen molar-refractivity contribution >= 4 is 47.4 Å². The van der Waals surface area contributed by atoms with E-state index in [1.54, 1.807) is 13.8 Å². The molecule has 18 heteroatoms. The summed E-state index contributed by atoms with van der Waals surface area (Å²) in [7, 11) is 0. The molecule has 0 spiro atoms. The summed E-state index contributed by atoms with van der Waals surface area (Å²) in [6.45, 7) is 9.90. The molecule has 0 aliphatic heterocycles. The molecular weight excluding hydrogens is 769 g/mol. The van der Waals surface area contributed by atoms with Gasteiger partial charge in [-0.25, -0.2) is 0 Å². The lowest BCUT2D eigenvalue weighted by atomic mass is 10.0. The molecule has 0 saturated heterocycles. The quantitative estimate of drug-likeness (QED) is 0.0249. The molecule has 0 aromatic rings. The highest BCUT2D eigenvalue weighted by Gasteiger charge is 2.32. The van der Waals surface area contributed by atoms with E-state index in [0.29, 0.717) is 12.8 Å². The van der Waals surface area contributed by atoms with Gasteiger partial charge in [0.1, 0.15) is 24.2 Å². The molecule has 346 valence electrons. The fourth-order valence-electron chi connectivity index (χ4n) is 6.57. The summed E-state index contributed by atoms with van der Waals surface area (Å²) in [6, 6.07) is -4.59. The third-order valence-corrected chi connectivity index (χ3v) is 9.77. The molecule has 18 nitrogen and oxygen atoms in total. The number of primary amides is 1. The highest BCUT2D eigenvalue weighted by Crippen LogP contribution is 2.14. The minimum absolute atomic E-state index is 0.0569. The third-order valence-electron chi connectivity index (χ3n) is 9.77. The summed E-state index contributed by atoms with van der Waals surface area (Å²) < 4.78 is 0. The molecule has 0 aliphatic rings. The first-order chi connectivity index (χ1) is 28.5. The summed E-state index contributed by atoms with van der Waals surface area (Å²) in [5.74, 6) is -3.61. The maximum absolute atomic E-state index is 13.9. The van der Waals surface area contributed by atoms with Crippen molar-refractivity contribution in [3.05, 3.63) is 0 Å². The molecule has 60 heavy (non-hydrogen) atoms. The number of nitrogens with two attached hydrogens (primary N) is 5. The van der Waals surface area contributed by atoms with Gasteiger partial charge in [0.05, 0.1) is 0 Å². The first-order valence-corrected chi connectivity index (χ1v) is 22.4. The maximum atomic E-state index is 13.9. The van der Waals surface area contributed by atoms with Gasteiger partial charge in [0.25, 0.3) is 0 Å². The summed E-state index contributed by atoms with van der Waals surface area (Å²) in [5.41, 5.74) is 27.2. The number of rotatable bonds is 36. The zero-order valence-corrected chi connectivity index (χ0v) is 37.5. The Labute approximate surface area is 359 Å². The lowest BCUT2D eigenvalue weighted by molar-refractivity contribution is -0.135. The van der Waals surface area contributed by atoms with Gasteiger partial charge in [-0.3, -0.25) is 38.8 Å². The fourth-order valence-corrected chi connectivity index (χ4v) is 6.57. The number of aliphatic imine (C=N–C) groups is 2. The Morgan fingerprint density at radius 1 is 0.450 bits per heavy atom. The predicted molar refractivity (Wildman–Crippen MR) is 239 cm³/mol. The van der Waals surface area contributed by atoms with Crippen LogP contribution in [0.4, 0.5) is 0 Å². The largest absolute Gasteiger partial charge is 0.370 e. The molecule has 15 N–H and O–H groups in total. The Balaban J connectivity index is 5.77. The molecule has 0 fully saturated rings. The second-order valence-corrected chi connectivity index (χ2v) is 16.5. The number of guanidine groups is 2. The Kier molecular flexibility index (Phi) is 31.5. The topological polar surface area (TPSA) is 317 Å². The Bertz CT molecular complexity index is 1320. The number of amides is 6. The van der Waals surface area contributed by atoms with E-state index in [1.165, 1.54) is 57.8 Å². The van der Waals surface area contributed by atoms with Gasteiger partial charge in [0, 0.05) is 32.0 Å². The summed E-state index contributed by atoms with van der Waals surface area (Å²) in [6.07, 6.45) is 16.6. The highest BCUT2D eigenvalue weighted by molar-refractivity contribution is 5.95. The number of hydrogen-bond acceptors (Lipinski definition) is 8. The molecule has 0 aliphatic carbocycles. The van der Waals surface area contributed by atoms with E-state index in [4.69, 9.17) is 28.7 Å². The van der Waals surface area contributed by atoms with Crippen LogP contribution >= 0.6 is 0 Å². The van der Waals surface area contributed by atoms with E-state index in [9.17, 15) is 28.8 Å². The van der Waals surface area contributed by atoms with Gasteiger partial charge >= 0.3 is 0 Å². The van der Waals surface area contributed by atoms with E-state index < -0.39 is 53.7 Å². The van der Waals surface area contributed by atoms with E-state index in [2.05, 4.69) is 43.5 Å². The average Bonchev–Trinajstić information content (AvgIpc) is 3.16. The summed E-state index contributed by atoms with van der Waals surface area (Å²) in [5, 5.41) is 13.8. The number of unbranched alkanes of at least 4 members (excludes halogenated alkanes) is 12. The molecule has 0 radical (unpaired) electrons. The maximum Gasteiger partial charge on any atom is 0.243 e. The van der Waals surface area contributed by atoms with Crippen LogP contribution in [0.25, 0.3) is 0 Å². The van der Waals surface area contributed by atoms with Crippen molar-refractivity contribution in [2.75, 3.05) is 13.1 Å². The van der Waals surface area contributed by atoms with Gasteiger partial charge in [-0.15, -0.1) is 0 Å². The molecule has 0 aromatic heterocycles. The van der Waals surface area contributed by atoms with Crippen molar-refractivity contribution in [2.24, 2.45) is 44.6 Å². The van der Waals surface area contributed by atoms with Crippen molar-refractivity contribution in [3.63, 3.8) is 0 Å². The number of nitrogens with zero attached hydrogens (tertiary/aromatic N) is 2.